The van der Waals surface area contributed by atoms with Gasteiger partial charge in [0.15, 0.2) is 5.82 Å². The summed E-state index contributed by atoms with van der Waals surface area (Å²) in [6.07, 6.45) is -3.51. The molecule has 4 rings (SSSR count). The molecule has 0 saturated heterocycles. The number of rotatable bonds is 5. The minimum Gasteiger partial charge on any atom is -0.323 e. The van der Waals surface area contributed by atoms with Crippen molar-refractivity contribution in [2.45, 2.75) is 37.4 Å². The highest BCUT2D eigenvalue weighted by Gasteiger charge is 2.61. The molecule has 3 aromatic heterocycles. The molecule has 0 N–H and O–H groups in total. The Bertz CT molecular complexity index is 1420. The molecular formula is C20H15F5N8OS. The van der Waals surface area contributed by atoms with Crippen LogP contribution in [0.1, 0.15) is 39.3 Å². The number of aryl methyl sites for hydroxylation is 1. The fourth-order valence-corrected chi connectivity index (χ4v) is 4.53. The van der Waals surface area contributed by atoms with Crippen molar-refractivity contribution in [3.63, 3.8) is 0 Å². The van der Waals surface area contributed by atoms with Gasteiger partial charge in [0.25, 0.3) is 5.91 Å². The summed E-state index contributed by atoms with van der Waals surface area (Å²) in [5.74, 6) is -5.85. The molecule has 3 heterocycles. The Kier molecular flexibility index (Phi) is 5.44. The molecule has 3 aromatic rings. The summed E-state index contributed by atoms with van der Waals surface area (Å²) < 4.78 is 68.2. The predicted octanol–water partition coefficient (Wildman–Crippen LogP) is 3.69. The van der Waals surface area contributed by atoms with E-state index in [1.54, 1.807) is 0 Å². The van der Waals surface area contributed by atoms with Crippen LogP contribution < -0.4 is 0 Å². The van der Waals surface area contributed by atoms with E-state index >= 15 is 0 Å². The highest BCUT2D eigenvalue weighted by atomic mass is 32.1. The molecule has 0 spiro atoms. The molecule has 0 bridgehead atoms. The molecule has 1 aliphatic rings. The molecular weight excluding hydrogens is 495 g/mol. The summed E-state index contributed by atoms with van der Waals surface area (Å²) in [4.78, 5) is 14.6. The van der Waals surface area contributed by atoms with Crippen LogP contribution in [0.15, 0.2) is 12.3 Å². The zero-order valence-corrected chi connectivity index (χ0v) is 19.2. The first-order chi connectivity index (χ1) is 16.3. The van der Waals surface area contributed by atoms with Crippen LogP contribution in [0.2, 0.25) is 0 Å². The number of carbonyl (C=O) groups excluding carboxylic acids is 1. The Balaban J connectivity index is 1.70. The quantitative estimate of drug-likeness (QED) is 0.484. The fourth-order valence-electron chi connectivity index (χ4n) is 3.63. The molecule has 0 atom stereocenters. The first-order valence-corrected chi connectivity index (χ1v) is 10.7. The van der Waals surface area contributed by atoms with Gasteiger partial charge in [0.05, 0.1) is 22.7 Å². The van der Waals surface area contributed by atoms with E-state index in [0.29, 0.717) is 17.7 Å². The van der Waals surface area contributed by atoms with Gasteiger partial charge in [-0.1, -0.05) is 5.21 Å². The van der Waals surface area contributed by atoms with Gasteiger partial charge in [-0.25, -0.2) is 4.68 Å². The molecule has 0 radical (unpaired) electrons. The van der Waals surface area contributed by atoms with E-state index in [1.807, 2.05) is 6.07 Å². The number of carbonyl (C=O) groups is 1. The van der Waals surface area contributed by atoms with Crippen LogP contribution >= 0.6 is 11.3 Å². The lowest BCUT2D eigenvalue weighted by Crippen LogP contribution is -2.38. The smallest absolute Gasteiger partial charge is 0.323 e. The van der Waals surface area contributed by atoms with Crippen molar-refractivity contribution >= 4 is 17.2 Å². The predicted molar refractivity (Wildman–Crippen MR) is 111 cm³/mol. The van der Waals surface area contributed by atoms with Gasteiger partial charge < -0.3 is 4.90 Å². The molecule has 35 heavy (non-hydrogen) atoms. The van der Waals surface area contributed by atoms with Crippen LogP contribution in [0.25, 0.3) is 16.4 Å². The first kappa shape index (κ1) is 24.3. The van der Waals surface area contributed by atoms with Crippen molar-refractivity contribution < 1.29 is 26.7 Å². The van der Waals surface area contributed by atoms with Gasteiger partial charge in [0.1, 0.15) is 27.9 Å². The van der Waals surface area contributed by atoms with Crippen LogP contribution in [-0.4, -0.2) is 54.3 Å². The second-order valence-electron chi connectivity index (χ2n) is 8.01. The minimum absolute atomic E-state index is 0.0647. The van der Waals surface area contributed by atoms with Crippen molar-refractivity contribution in [3.05, 3.63) is 34.0 Å². The third kappa shape index (κ3) is 3.72. The average molecular weight is 510 g/mol. The molecule has 0 aliphatic heterocycles. The Morgan fingerprint density at radius 3 is 2.46 bits per heavy atom. The Hall–Kier alpha value is -3.85. The maximum atomic E-state index is 13.9. The summed E-state index contributed by atoms with van der Waals surface area (Å²) >= 11 is 0.928. The van der Waals surface area contributed by atoms with Crippen LogP contribution in [0.5, 0.6) is 0 Å². The van der Waals surface area contributed by atoms with Crippen LogP contribution in [0, 0.1) is 29.6 Å². The SMILES string of the molecule is Cc1c(C(F)(F)C(F)(F)F)nn(C)c1-n1cc(-c2cc(C(=O)N(C)C3(C#N)CC3)c(C#N)s2)nn1. The van der Waals surface area contributed by atoms with Crippen molar-refractivity contribution in [2.24, 2.45) is 7.05 Å². The average Bonchev–Trinajstić information content (AvgIpc) is 3.10. The lowest BCUT2D eigenvalue weighted by atomic mass is 10.1. The van der Waals surface area contributed by atoms with E-state index in [9.17, 15) is 37.3 Å². The van der Waals surface area contributed by atoms with Gasteiger partial charge in [-0.3, -0.25) is 9.48 Å². The molecule has 9 nitrogen and oxygen atoms in total. The second-order valence-corrected chi connectivity index (χ2v) is 9.07. The molecule has 15 heteroatoms. The van der Waals surface area contributed by atoms with Gasteiger partial charge in [0, 0.05) is 19.7 Å². The van der Waals surface area contributed by atoms with E-state index < -0.39 is 34.8 Å². The summed E-state index contributed by atoms with van der Waals surface area (Å²) in [6.45, 7) is 1.06. The lowest BCUT2D eigenvalue weighted by Gasteiger charge is -2.21. The van der Waals surface area contributed by atoms with Gasteiger partial charge in [0.2, 0.25) is 0 Å². The summed E-state index contributed by atoms with van der Waals surface area (Å²) in [6, 6.07) is 5.44. The van der Waals surface area contributed by atoms with Crippen molar-refractivity contribution in [3.8, 4) is 28.5 Å². The number of nitriles is 2. The fraction of sp³-hybridized carbons (Fsp3) is 0.400. The topological polar surface area (TPSA) is 116 Å². The summed E-state index contributed by atoms with van der Waals surface area (Å²) in [5, 5.41) is 29.9. The number of hydrogen-bond acceptors (Lipinski definition) is 7. The van der Waals surface area contributed by atoms with Gasteiger partial charge in [-0.05, 0) is 25.8 Å². The van der Waals surface area contributed by atoms with Crippen molar-refractivity contribution in [1.29, 1.82) is 10.5 Å². The zero-order chi connectivity index (χ0) is 25.9. The van der Waals surface area contributed by atoms with Crippen molar-refractivity contribution in [2.75, 3.05) is 7.05 Å². The maximum absolute atomic E-state index is 13.9. The Morgan fingerprint density at radius 1 is 1.26 bits per heavy atom. The minimum atomic E-state index is -5.83. The Labute approximate surface area is 198 Å². The third-order valence-electron chi connectivity index (χ3n) is 5.81. The maximum Gasteiger partial charge on any atom is 0.459 e. The molecule has 182 valence electrons. The number of aromatic nitrogens is 5. The van der Waals surface area contributed by atoms with Crippen LogP contribution in [-0.2, 0) is 13.0 Å². The van der Waals surface area contributed by atoms with E-state index in [2.05, 4.69) is 21.5 Å². The molecule has 1 saturated carbocycles. The number of hydrogen-bond donors (Lipinski definition) is 0. The van der Waals surface area contributed by atoms with Crippen LogP contribution in [0.3, 0.4) is 0 Å². The van der Waals surface area contributed by atoms with Gasteiger partial charge in [-0.2, -0.15) is 37.6 Å². The zero-order valence-electron chi connectivity index (χ0n) is 18.4. The van der Waals surface area contributed by atoms with E-state index in [1.165, 1.54) is 31.3 Å². The molecule has 0 unspecified atom stereocenters. The standard InChI is InChI=1S/C20H15F5N8OS/c1-10-15(19(21,22)20(23,24)25)29-32(3)16(10)33-8-12(28-30-33)13-6-11(14(7-26)35-13)17(34)31(2)18(9-27)4-5-18/h6,8H,4-5H2,1-3H3. The monoisotopic (exact) mass is 510 g/mol. The second kappa shape index (κ2) is 7.84. The van der Waals surface area contributed by atoms with Gasteiger partial charge >= 0.3 is 12.1 Å². The summed E-state index contributed by atoms with van der Waals surface area (Å²) in [5.41, 5.74) is -2.58. The Morgan fingerprint density at radius 2 is 1.91 bits per heavy atom. The number of nitrogens with zero attached hydrogens (tertiary/aromatic N) is 8. The molecule has 1 amide bonds. The molecule has 1 aliphatic carbocycles. The van der Waals surface area contributed by atoms with E-state index in [4.69, 9.17) is 0 Å². The first-order valence-electron chi connectivity index (χ1n) is 9.92. The normalized spacial score (nSPS) is 14.9. The molecule has 1 fully saturated rings. The number of alkyl halides is 5. The van der Waals surface area contributed by atoms with Crippen LogP contribution in [0.4, 0.5) is 22.0 Å². The number of thiophene rings is 1. The lowest BCUT2D eigenvalue weighted by molar-refractivity contribution is -0.291. The number of halogens is 5. The van der Waals surface area contributed by atoms with E-state index in [0.717, 1.165) is 27.6 Å². The third-order valence-corrected chi connectivity index (χ3v) is 6.87. The number of amides is 1. The highest BCUT2D eigenvalue weighted by Crippen LogP contribution is 2.45. The summed E-state index contributed by atoms with van der Waals surface area (Å²) in [7, 11) is 2.67. The molecule has 0 aromatic carbocycles. The van der Waals surface area contributed by atoms with E-state index in [-0.39, 0.29) is 22.0 Å². The highest BCUT2D eigenvalue weighted by molar-refractivity contribution is 7.16. The largest absolute Gasteiger partial charge is 0.459 e. The van der Waals surface area contributed by atoms with Crippen molar-refractivity contribution in [1.82, 2.24) is 29.7 Å². The van der Waals surface area contributed by atoms with Gasteiger partial charge in [-0.15, -0.1) is 16.4 Å².